The summed E-state index contributed by atoms with van der Waals surface area (Å²) in [6, 6.07) is 17.8. The lowest BCUT2D eigenvalue weighted by Gasteiger charge is -2.17. The van der Waals surface area contributed by atoms with E-state index in [0.717, 1.165) is 16.9 Å². The minimum absolute atomic E-state index is 0.00450. The van der Waals surface area contributed by atoms with E-state index < -0.39 is 17.1 Å². The zero-order valence-electron chi connectivity index (χ0n) is 20.7. The fourth-order valence-corrected chi connectivity index (χ4v) is 3.60. The molecule has 0 aromatic heterocycles. The molecule has 0 bridgehead atoms. The van der Waals surface area contributed by atoms with Crippen LogP contribution in [0.15, 0.2) is 60.7 Å². The maximum absolute atomic E-state index is 12.8. The zero-order chi connectivity index (χ0) is 27.5. The molecule has 0 heterocycles. The van der Waals surface area contributed by atoms with Crippen LogP contribution in [-0.4, -0.2) is 44.4 Å². The number of rotatable bonds is 13. The van der Waals surface area contributed by atoms with Crippen LogP contribution in [-0.2, 0) is 22.8 Å². The highest BCUT2D eigenvalue weighted by atomic mass is 35.5. The smallest absolute Gasteiger partial charge is 0.309 e. The fourth-order valence-electron chi connectivity index (χ4n) is 3.24. The number of hydrogen-bond acceptors (Lipinski definition) is 7. The number of hydrogen-bond donors (Lipinski definition) is 2. The SMILES string of the molecule is COc1ccc(COc2ccc(C(=O)NCCNC(=O)C(=O)Cl)c(Cl)c2OCc2ccc(OC)cc2)cc1. The van der Waals surface area contributed by atoms with Crippen molar-refractivity contribution < 1.29 is 33.3 Å². The predicted molar refractivity (Wildman–Crippen MR) is 142 cm³/mol. The molecule has 9 nitrogen and oxygen atoms in total. The molecule has 0 aliphatic rings. The van der Waals surface area contributed by atoms with Gasteiger partial charge < -0.3 is 29.6 Å². The highest BCUT2D eigenvalue weighted by molar-refractivity contribution is 6.80. The summed E-state index contributed by atoms with van der Waals surface area (Å²) in [5.41, 5.74) is 1.89. The Morgan fingerprint density at radius 1 is 0.737 bits per heavy atom. The summed E-state index contributed by atoms with van der Waals surface area (Å²) in [6.45, 7) is 0.434. The molecule has 3 rings (SSSR count). The molecule has 0 unspecified atom stereocenters. The van der Waals surface area contributed by atoms with E-state index in [0.29, 0.717) is 11.5 Å². The molecule has 200 valence electrons. The Labute approximate surface area is 229 Å². The van der Waals surface area contributed by atoms with Crippen LogP contribution in [0, 0.1) is 0 Å². The van der Waals surface area contributed by atoms with Gasteiger partial charge in [-0.1, -0.05) is 35.9 Å². The van der Waals surface area contributed by atoms with Gasteiger partial charge in [0.25, 0.3) is 5.91 Å². The summed E-state index contributed by atoms with van der Waals surface area (Å²) in [5, 5.41) is 3.82. The van der Waals surface area contributed by atoms with E-state index in [2.05, 4.69) is 10.6 Å². The molecular formula is C27H26Cl2N2O7. The lowest BCUT2D eigenvalue weighted by molar-refractivity contribution is -0.133. The number of methoxy groups -OCH3 is 2. The van der Waals surface area contributed by atoms with Crippen molar-refractivity contribution in [3.63, 3.8) is 0 Å². The third-order valence-electron chi connectivity index (χ3n) is 5.28. The van der Waals surface area contributed by atoms with Crippen LogP contribution in [0.4, 0.5) is 0 Å². The van der Waals surface area contributed by atoms with E-state index in [4.69, 9.17) is 42.1 Å². The van der Waals surface area contributed by atoms with Crippen LogP contribution >= 0.6 is 23.2 Å². The second-order valence-electron chi connectivity index (χ2n) is 7.81. The quantitative estimate of drug-likeness (QED) is 0.183. The lowest BCUT2D eigenvalue weighted by atomic mass is 10.1. The maximum Gasteiger partial charge on any atom is 0.309 e. The topological polar surface area (TPSA) is 112 Å². The van der Waals surface area contributed by atoms with Gasteiger partial charge >= 0.3 is 11.1 Å². The molecule has 3 aromatic carbocycles. The van der Waals surface area contributed by atoms with Crippen molar-refractivity contribution in [2.24, 2.45) is 0 Å². The second kappa shape index (κ2) is 14.1. The zero-order valence-corrected chi connectivity index (χ0v) is 22.2. The Kier molecular flexibility index (Phi) is 10.6. The van der Waals surface area contributed by atoms with E-state index in [9.17, 15) is 14.4 Å². The van der Waals surface area contributed by atoms with Crippen LogP contribution in [0.3, 0.4) is 0 Å². The van der Waals surface area contributed by atoms with Gasteiger partial charge in [-0.25, -0.2) is 0 Å². The molecule has 0 spiro atoms. The molecule has 0 saturated carbocycles. The molecule has 11 heteroatoms. The molecule has 3 aromatic rings. The van der Waals surface area contributed by atoms with E-state index in [1.54, 1.807) is 20.3 Å². The van der Waals surface area contributed by atoms with Crippen molar-refractivity contribution in [1.82, 2.24) is 10.6 Å². The van der Waals surface area contributed by atoms with E-state index >= 15 is 0 Å². The van der Waals surface area contributed by atoms with Gasteiger partial charge in [-0.3, -0.25) is 14.4 Å². The van der Waals surface area contributed by atoms with Gasteiger partial charge in [-0.15, -0.1) is 0 Å². The molecule has 2 amide bonds. The van der Waals surface area contributed by atoms with Gasteiger partial charge in [0.1, 0.15) is 24.7 Å². The summed E-state index contributed by atoms with van der Waals surface area (Å²) in [6.07, 6.45) is 0. The average molecular weight is 561 g/mol. The van der Waals surface area contributed by atoms with Crippen molar-refractivity contribution >= 4 is 40.3 Å². The molecule has 0 fully saturated rings. The summed E-state index contributed by atoms with van der Waals surface area (Å²) in [7, 11) is 3.17. The third-order valence-corrected chi connectivity index (χ3v) is 5.82. The Hall–Kier alpha value is -3.95. The number of halogens is 2. The first kappa shape index (κ1) is 28.6. The Bertz CT molecular complexity index is 1270. The summed E-state index contributed by atoms with van der Waals surface area (Å²) >= 11 is 11.7. The number of benzene rings is 3. The fraction of sp³-hybridized carbons (Fsp3) is 0.222. The van der Waals surface area contributed by atoms with Crippen LogP contribution in [0.5, 0.6) is 23.0 Å². The van der Waals surface area contributed by atoms with Gasteiger partial charge in [-0.2, -0.15) is 0 Å². The van der Waals surface area contributed by atoms with Crippen molar-refractivity contribution in [1.29, 1.82) is 0 Å². The largest absolute Gasteiger partial charge is 0.497 e. The molecular weight excluding hydrogens is 535 g/mol. The standard InChI is InChI=1S/C27H26Cl2N2O7/c1-35-19-7-3-17(4-8-19)15-37-22-12-11-21(26(33)30-13-14-31-27(34)25(29)32)23(28)24(22)38-16-18-5-9-20(36-2)10-6-18/h3-12H,13-16H2,1-2H3,(H,30,33)(H,31,34). The summed E-state index contributed by atoms with van der Waals surface area (Å²) < 4.78 is 22.4. The Morgan fingerprint density at radius 2 is 1.26 bits per heavy atom. The maximum atomic E-state index is 12.8. The van der Waals surface area contributed by atoms with Crippen molar-refractivity contribution in [3.8, 4) is 23.0 Å². The van der Waals surface area contributed by atoms with Gasteiger partial charge in [0.2, 0.25) is 0 Å². The van der Waals surface area contributed by atoms with Crippen molar-refractivity contribution in [3.05, 3.63) is 82.4 Å². The second-order valence-corrected chi connectivity index (χ2v) is 8.53. The molecule has 0 radical (unpaired) electrons. The van der Waals surface area contributed by atoms with E-state index in [1.165, 1.54) is 6.07 Å². The average Bonchev–Trinajstić information content (AvgIpc) is 2.93. The summed E-state index contributed by atoms with van der Waals surface area (Å²) in [4.78, 5) is 34.8. The van der Waals surface area contributed by atoms with Crippen LogP contribution < -0.4 is 29.6 Å². The molecule has 0 atom stereocenters. The van der Waals surface area contributed by atoms with Gasteiger partial charge in [0.15, 0.2) is 11.5 Å². The normalized spacial score (nSPS) is 10.3. The predicted octanol–water partition coefficient (Wildman–Crippen LogP) is 4.13. The van der Waals surface area contributed by atoms with Gasteiger partial charge in [0, 0.05) is 13.1 Å². The molecule has 0 saturated heterocycles. The highest BCUT2D eigenvalue weighted by Crippen LogP contribution is 2.39. The summed E-state index contributed by atoms with van der Waals surface area (Å²) in [5.74, 6) is 0.530. The van der Waals surface area contributed by atoms with Crippen LogP contribution in [0.25, 0.3) is 0 Å². The first-order chi connectivity index (χ1) is 18.3. The number of amides is 2. The first-order valence-corrected chi connectivity index (χ1v) is 12.2. The van der Waals surface area contributed by atoms with Gasteiger partial charge in [-0.05, 0) is 59.1 Å². The molecule has 0 aliphatic carbocycles. The third kappa shape index (κ3) is 8.03. The number of carbonyl (C=O) groups excluding carboxylic acids is 3. The minimum atomic E-state index is -1.14. The Balaban J connectivity index is 1.76. The van der Waals surface area contributed by atoms with Crippen molar-refractivity contribution in [2.45, 2.75) is 13.2 Å². The van der Waals surface area contributed by atoms with Gasteiger partial charge in [0.05, 0.1) is 24.8 Å². The van der Waals surface area contributed by atoms with Crippen LogP contribution in [0.2, 0.25) is 5.02 Å². The monoisotopic (exact) mass is 560 g/mol. The minimum Gasteiger partial charge on any atom is -0.497 e. The van der Waals surface area contributed by atoms with E-state index in [-0.39, 0.29) is 42.6 Å². The Morgan fingerprint density at radius 3 is 1.79 bits per heavy atom. The highest BCUT2D eigenvalue weighted by Gasteiger charge is 2.20. The molecule has 38 heavy (non-hydrogen) atoms. The molecule has 2 N–H and O–H groups in total. The van der Waals surface area contributed by atoms with E-state index in [1.807, 2.05) is 48.5 Å². The van der Waals surface area contributed by atoms with Crippen LogP contribution in [0.1, 0.15) is 21.5 Å². The number of carbonyl (C=O) groups is 3. The number of nitrogens with one attached hydrogen (secondary N) is 2. The first-order valence-electron chi connectivity index (χ1n) is 11.4. The van der Waals surface area contributed by atoms with Crippen molar-refractivity contribution in [2.75, 3.05) is 27.3 Å². The molecule has 0 aliphatic heterocycles. The number of ether oxygens (including phenoxy) is 4. The lowest BCUT2D eigenvalue weighted by Crippen LogP contribution is -2.36.